The summed E-state index contributed by atoms with van der Waals surface area (Å²) in [5.74, 6) is 0.515. The van der Waals surface area contributed by atoms with Gasteiger partial charge in [0.15, 0.2) is 5.96 Å². The maximum absolute atomic E-state index is 14.4. The lowest BCUT2D eigenvalue weighted by Gasteiger charge is -2.22. The summed E-state index contributed by atoms with van der Waals surface area (Å²) in [7, 11) is 1.73. The molecular weight excluding hydrogens is 474 g/mol. The molecule has 0 saturated carbocycles. The van der Waals surface area contributed by atoms with Crippen molar-refractivity contribution in [2.75, 3.05) is 51.4 Å². The summed E-state index contributed by atoms with van der Waals surface area (Å²) >= 11 is 0. The van der Waals surface area contributed by atoms with Crippen molar-refractivity contribution in [1.29, 1.82) is 0 Å². The number of rotatable bonds is 10. The maximum atomic E-state index is 14.4. The molecule has 1 fully saturated rings. The van der Waals surface area contributed by atoms with Crippen LogP contribution in [0.25, 0.3) is 0 Å². The largest absolute Gasteiger partial charge is 0.379 e. The molecule has 1 aromatic carbocycles. The first-order valence-corrected chi connectivity index (χ1v) is 9.85. The molecule has 0 aromatic heterocycles. The molecule has 2 rings (SSSR count). The lowest BCUT2D eigenvalue weighted by atomic mass is 10.2. The minimum Gasteiger partial charge on any atom is -0.379 e. The summed E-state index contributed by atoms with van der Waals surface area (Å²) in [5.41, 5.74) is 1.54. The van der Waals surface area contributed by atoms with Crippen LogP contribution >= 0.6 is 24.0 Å². The predicted octanol–water partition coefficient (Wildman–Crippen LogP) is 3.15. The second kappa shape index (κ2) is 13.9. The molecule has 1 heterocycles. The Morgan fingerprint density at radius 2 is 2.11 bits per heavy atom. The molecule has 1 saturated heterocycles. The number of halogens is 2. The summed E-state index contributed by atoms with van der Waals surface area (Å²) < 4.78 is 25.4. The highest BCUT2D eigenvalue weighted by molar-refractivity contribution is 14.0. The van der Waals surface area contributed by atoms with E-state index in [0.717, 1.165) is 44.6 Å². The average molecular weight is 508 g/mol. The van der Waals surface area contributed by atoms with Crippen molar-refractivity contribution in [2.45, 2.75) is 39.3 Å². The molecule has 1 unspecified atom stereocenters. The van der Waals surface area contributed by atoms with Crippen LogP contribution in [0.15, 0.2) is 23.2 Å². The van der Waals surface area contributed by atoms with Crippen LogP contribution in [0.4, 0.5) is 10.1 Å². The van der Waals surface area contributed by atoms with Crippen molar-refractivity contribution < 1.29 is 13.9 Å². The third-order valence-electron chi connectivity index (χ3n) is 4.65. The van der Waals surface area contributed by atoms with Crippen molar-refractivity contribution in [1.82, 2.24) is 10.6 Å². The summed E-state index contributed by atoms with van der Waals surface area (Å²) in [5, 5.41) is 6.47. The van der Waals surface area contributed by atoms with Crippen LogP contribution in [0.3, 0.4) is 0 Å². The van der Waals surface area contributed by atoms with Gasteiger partial charge in [0, 0.05) is 46.4 Å². The third kappa shape index (κ3) is 8.08. The van der Waals surface area contributed by atoms with Gasteiger partial charge in [0.1, 0.15) is 5.82 Å². The first kappa shape index (κ1) is 24.9. The normalized spacial score (nSPS) is 16.6. The first-order valence-electron chi connectivity index (χ1n) is 9.85. The van der Waals surface area contributed by atoms with E-state index in [1.807, 2.05) is 30.9 Å². The fourth-order valence-corrected chi connectivity index (χ4v) is 3.06. The van der Waals surface area contributed by atoms with Crippen LogP contribution in [0.1, 0.15) is 32.3 Å². The van der Waals surface area contributed by atoms with Gasteiger partial charge in [-0.2, -0.15) is 0 Å². The second-order valence-corrected chi connectivity index (χ2v) is 6.52. The van der Waals surface area contributed by atoms with Crippen LogP contribution in [0.5, 0.6) is 0 Å². The molecule has 8 heteroatoms. The van der Waals surface area contributed by atoms with Gasteiger partial charge in [-0.3, -0.25) is 4.99 Å². The van der Waals surface area contributed by atoms with Crippen molar-refractivity contribution >= 4 is 35.6 Å². The molecule has 0 amide bonds. The average Bonchev–Trinajstić information content (AvgIpc) is 3.20. The van der Waals surface area contributed by atoms with Crippen molar-refractivity contribution in [3.8, 4) is 0 Å². The number of guanidine groups is 1. The van der Waals surface area contributed by atoms with E-state index in [-0.39, 0.29) is 35.9 Å². The smallest absolute Gasteiger partial charge is 0.191 e. The SMILES string of the molecule is CCN(CC)c1ccc(CNC(=NC)NCCCOC2CCOC2)cc1F.I. The summed E-state index contributed by atoms with van der Waals surface area (Å²) in [6.45, 7) is 9.14. The van der Waals surface area contributed by atoms with E-state index < -0.39 is 0 Å². The Morgan fingerprint density at radius 1 is 1.32 bits per heavy atom. The van der Waals surface area contributed by atoms with Gasteiger partial charge in [-0.15, -0.1) is 24.0 Å². The van der Waals surface area contributed by atoms with Crippen molar-refractivity contribution in [3.63, 3.8) is 0 Å². The number of hydrogen-bond acceptors (Lipinski definition) is 4. The number of ether oxygens (including phenoxy) is 2. The first-order chi connectivity index (χ1) is 13.2. The number of nitrogens with one attached hydrogen (secondary N) is 2. The Morgan fingerprint density at radius 3 is 2.71 bits per heavy atom. The standard InChI is InChI=1S/C20H33FN4O2.HI/c1-4-25(5-2)19-8-7-16(13-18(19)21)14-24-20(22-3)23-10-6-11-27-17-9-12-26-15-17;/h7-8,13,17H,4-6,9-12,14-15H2,1-3H3,(H2,22,23,24);1H. The minimum atomic E-state index is -0.186. The zero-order chi connectivity index (χ0) is 19.5. The van der Waals surface area contributed by atoms with E-state index in [9.17, 15) is 4.39 Å². The van der Waals surface area contributed by atoms with E-state index in [4.69, 9.17) is 9.47 Å². The number of nitrogens with zero attached hydrogens (tertiary/aromatic N) is 2. The highest BCUT2D eigenvalue weighted by Gasteiger charge is 2.15. The molecule has 2 N–H and O–H groups in total. The van der Waals surface area contributed by atoms with Gasteiger partial charge in [0.25, 0.3) is 0 Å². The van der Waals surface area contributed by atoms with Crippen LogP contribution in [0, 0.1) is 5.82 Å². The molecule has 1 atom stereocenters. The Labute approximate surface area is 185 Å². The highest BCUT2D eigenvalue weighted by atomic mass is 127. The van der Waals surface area contributed by atoms with Crippen LogP contribution in [-0.4, -0.2) is 58.6 Å². The van der Waals surface area contributed by atoms with E-state index in [1.54, 1.807) is 13.1 Å². The van der Waals surface area contributed by atoms with E-state index in [0.29, 0.717) is 31.4 Å². The molecule has 1 aliphatic heterocycles. The summed E-state index contributed by atoms with van der Waals surface area (Å²) in [6, 6.07) is 5.39. The quantitative estimate of drug-likeness (QED) is 0.220. The van der Waals surface area contributed by atoms with Crippen molar-refractivity contribution in [3.05, 3.63) is 29.6 Å². The third-order valence-corrected chi connectivity index (χ3v) is 4.65. The fourth-order valence-electron chi connectivity index (χ4n) is 3.06. The Balaban J connectivity index is 0.00000392. The van der Waals surface area contributed by atoms with Crippen molar-refractivity contribution in [2.24, 2.45) is 4.99 Å². The highest BCUT2D eigenvalue weighted by Crippen LogP contribution is 2.20. The minimum absolute atomic E-state index is 0. The fraction of sp³-hybridized carbons (Fsp3) is 0.650. The van der Waals surface area contributed by atoms with Crippen LogP contribution < -0.4 is 15.5 Å². The molecule has 1 aromatic rings. The van der Waals surface area contributed by atoms with Gasteiger partial charge in [-0.05, 0) is 44.4 Å². The maximum Gasteiger partial charge on any atom is 0.191 e. The zero-order valence-electron chi connectivity index (χ0n) is 17.2. The molecule has 0 spiro atoms. The number of aliphatic imine (C=N–C) groups is 1. The Kier molecular flexibility index (Phi) is 12.4. The lowest BCUT2D eigenvalue weighted by Crippen LogP contribution is -2.37. The van der Waals surface area contributed by atoms with E-state index in [1.165, 1.54) is 0 Å². The molecule has 0 bridgehead atoms. The van der Waals surface area contributed by atoms with Crippen LogP contribution in [-0.2, 0) is 16.0 Å². The predicted molar refractivity (Wildman–Crippen MR) is 123 cm³/mol. The van der Waals surface area contributed by atoms with E-state index in [2.05, 4.69) is 15.6 Å². The monoisotopic (exact) mass is 508 g/mol. The Hall–Kier alpha value is -1.13. The molecular formula is C20H34FIN4O2. The molecule has 0 aliphatic carbocycles. The number of benzene rings is 1. The lowest BCUT2D eigenvalue weighted by molar-refractivity contribution is 0.0420. The van der Waals surface area contributed by atoms with Gasteiger partial charge in [0.05, 0.1) is 18.4 Å². The molecule has 6 nitrogen and oxygen atoms in total. The number of hydrogen-bond donors (Lipinski definition) is 2. The molecule has 0 radical (unpaired) electrons. The topological polar surface area (TPSA) is 58.1 Å². The van der Waals surface area contributed by atoms with Gasteiger partial charge in [-0.25, -0.2) is 4.39 Å². The molecule has 28 heavy (non-hydrogen) atoms. The van der Waals surface area contributed by atoms with Crippen LogP contribution in [0.2, 0.25) is 0 Å². The summed E-state index contributed by atoms with van der Waals surface area (Å²) in [6.07, 6.45) is 2.13. The van der Waals surface area contributed by atoms with Gasteiger partial charge in [-0.1, -0.05) is 6.07 Å². The van der Waals surface area contributed by atoms with E-state index >= 15 is 0 Å². The molecule has 1 aliphatic rings. The number of anilines is 1. The zero-order valence-corrected chi connectivity index (χ0v) is 19.5. The second-order valence-electron chi connectivity index (χ2n) is 6.52. The summed E-state index contributed by atoms with van der Waals surface area (Å²) in [4.78, 5) is 6.21. The Bertz CT molecular complexity index is 594. The van der Waals surface area contributed by atoms with Gasteiger partial charge >= 0.3 is 0 Å². The van der Waals surface area contributed by atoms with Gasteiger partial charge in [0.2, 0.25) is 0 Å². The van der Waals surface area contributed by atoms with Gasteiger partial charge < -0.3 is 25.0 Å². The molecule has 160 valence electrons.